The van der Waals surface area contributed by atoms with E-state index >= 15 is 0 Å². The van der Waals surface area contributed by atoms with E-state index in [4.69, 9.17) is 0 Å². The number of nitrogens with one attached hydrogen (secondary N) is 1. The zero-order chi connectivity index (χ0) is 18.6. The lowest BCUT2D eigenvalue weighted by molar-refractivity contribution is -0.111. The fourth-order valence-corrected chi connectivity index (χ4v) is 4.14. The zero-order valence-electron chi connectivity index (χ0n) is 13.8. The number of carboxylic acids is 1. The van der Waals surface area contributed by atoms with Gasteiger partial charge < -0.3 is 10.4 Å². The molecule has 0 atom stereocenters. The van der Waals surface area contributed by atoms with Crippen LogP contribution in [0, 0.1) is 0 Å². The maximum atomic E-state index is 12.3. The predicted octanol–water partition coefficient (Wildman–Crippen LogP) is 5.51. The van der Waals surface area contributed by atoms with Crippen molar-refractivity contribution in [2.45, 2.75) is 20.3 Å². The van der Waals surface area contributed by atoms with Gasteiger partial charge in [-0.2, -0.15) is 0 Å². The Morgan fingerprint density at radius 3 is 2.32 bits per heavy atom. The average molecular weight is 467 g/mol. The Hall–Kier alpha value is -1.92. The van der Waals surface area contributed by atoms with Gasteiger partial charge in [-0.05, 0) is 54.3 Å². The molecule has 0 saturated heterocycles. The van der Waals surface area contributed by atoms with Crippen molar-refractivity contribution in [1.82, 2.24) is 0 Å². The summed E-state index contributed by atoms with van der Waals surface area (Å²) in [6, 6.07) is 10.2. The molecule has 0 radical (unpaired) electrons. The molecule has 2 N–H and O–H groups in total. The number of carbonyl (C=O) groups is 2. The van der Waals surface area contributed by atoms with Gasteiger partial charge in [-0.25, -0.2) is 4.79 Å². The van der Waals surface area contributed by atoms with Crippen molar-refractivity contribution in [3.8, 4) is 0 Å². The fraction of sp³-hybridized carbons (Fsp3) is 0.158. The first-order valence-electron chi connectivity index (χ1n) is 7.63. The molecular weight excluding hydrogens is 450 g/mol. The molecule has 0 aromatic heterocycles. The minimum Gasteiger partial charge on any atom is -0.478 e. The van der Waals surface area contributed by atoms with E-state index < -0.39 is 5.97 Å². The number of carboxylic acid groups (broad SMARTS) is 1. The van der Waals surface area contributed by atoms with Crippen LogP contribution in [0.5, 0.6) is 0 Å². The number of halogens is 2. The second kappa shape index (κ2) is 8.45. The van der Waals surface area contributed by atoms with Crippen LogP contribution in [-0.4, -0.2) is 17.0 Å². The highest BCUT2D eigenvalue weighted by atomic mass is 79.9. The summed E-state index contributed by atoms with van der Waals surface area (Å²) >= 11 is 7.10. The molecule has 2 aromatic carbocycles. The first-order chi connectivity index (χ1) is 11.8. The van der Waals surface area contributed by atoms with Crippen molar-refractivity contribution in [1.29, 1.82) is 0 Å². The number of rotatable bonds is 5. The van der Waals surface area contributed by atoms with Crippen LogP contribution in [0.1, 0.15) is 35.3 Å². The molecule has 4 nitrogen and oxygen atoms in total. The molecule has 0 unspecified atom stereocenters. The Labute approximate surface area is 163 Å². The molecule has 2 aromatic rings. The monoisotopic (exact) mass is 465 g/mol. The van der Waals surface area contributed by atoms with Gasteiger partial charge in [0.05, 0.1) is 11.3 Å². The molecule has 0 bridgehead atoms. The third kappa shape index (κ3) is 4.80. The van der Waals surface area contributed by atoms with Crippen molar-refractivity contribution >= 4 is 55.0 Å². The van der Waals surface area contributed by atoms with Crippen molar-refractivity contribution in [2.24, 2.45) is 0 Å². The Morgan fingerprint density at radius 2 is 1.76 bits per heavy atom. The third-order valence-electron chi connectivity index (χ3n) is 3.71. The number of amides is 1. The van der Waals surface area contributed by atoms with Gasteiger partial charge in [-0.1, -0.05) is 50.9 Å². The maximum absolute atomic E-state index is 12.3. The number of hydrogen-bond acceptors (Lipinski definition) is 2. The quantitative estimate of drug-likeness (QED) is 0.570. The SMILES string of the molecule is CCc1c(Br)cc(C(C)=CC(=O)Nc2ccccc2C(=O)O)cc1Br. The lowest BCUT2D eigenvalue weighted by Crippen LogP contribution is -2.12. The van der Waals surface area contributed by atoms with Crippen LogP contribution in [0.4, 0.5) is 5.69 Å². The highest BCUT2D eigenvalue weighted by Gasteiger charge is 2.12. The average Bonchev–Trinajstić information content (AvgIpc) is 2.54. The summed E-state index contributed by atoms with van der Waals surface area (Å²) < 4.78 is 1.95. The smallest absolute Gasteiger partial charge is 0.337 e. The molecule has 0 saturated carbocycles. The molecule has 2 rings (SSSR count). The number of benzene rings is 2. The first-order valence-corrected chi connectivity index (χ1v) is 9.22. The molecule has 25 heavy (non-hydrogen) atoms. The van der Waals surface area contributed by atoms with Crippen LogP contribution in [0.2, 0.25) is 0 Å². The van der Waals surface area contributed by atoms with E-state index in [1.54, 1.807) is 18.2 Å². The van der Waals surface area contributed by atoms with Crippen LogP contribution in [0.3, 0.4) is 0 Å². The summed E-state index contributed by atoms with van der Waals surface area (Å²) in [7, 11) is 0. The molecule has 0 spiro atoms. The molecule has 0 aliphatic heterocycles. The highest BCUT2D eigenvalue weighted by Crippen LogP contribution is 2.30. The van der Waals surface area contributed by atoms with Gasteiger partial charge in [0.25, 0.3) is 0 Å². The Kier molecular flexibility index (Phi) is 6.56. The van der Waals surface area contributed by atoms with Gasteiger partial charge in [0.1, 0.15) is 0 Å². The van der Waals surface area contributed by atoms with Gasteiger partial charge >= 0.3 is 5.97 Å². The topological polar surface area (TPSA) is 66.4 Å². The number of carbonyl (C=O) groups excluding carboxylic acids is 1. The lowest BCUT2D eigenvalue weighted by Gasteiger charge is -2.10. The minimum absolute atomic E-state index is 0.0553. The second-order valence-electron chi connectivity index (χ2n) is 5.44. The molecule has 1 amide bonds. The lowest BCUT2D eigenvalue weighted by atomic mass is 10.0. The summed E-state index contributed by atoms with van der Waals surface area (Å²) in [6.07, 6.45) is 2.34. The van der Waals surface area contributed by atoms with Crippen LogP contribution in [0.15, 0.2) is 51.4 Å². The van der Waals surface area contributed by atoms with Crippen LogP contribution < -0.4 is 5.32 Å². The van der Waals surface area contributed by atoms with Crippen LogP contribution >= 0.6 is 31.9 Å². The van der Waals surface area contributed by atoms with Gasteiger partial charge in [0.15, 0.2) is 0 Å². The van der Waals surface area contributed by atoms with Crippen LogP contribution in [0.25, 0.3) is 5.57 Å². The fourth-order valence-electron chi connectivity index (χ4n) is 2.40. The van der Waals surface area contributed by atoms with Crippen molar-refractivity contribution in [3.63, 3.8) is 0 Å². The summed E-state index contributed by atoms with van der Waals surface area (Å²) in [5.41, 5.74) is 3.16. The van der Waals surface area contributed by atoms with Gasteiger partial charge in [-0.15, -0.1) is 0 Å². The Bertz CT molecular complexity index is 836. The number of anilines is 1. The summed E-state index contributed by atoms with van der Waals surface area (Å²) in [4.78, 5) is 23.5. The first kappa shape index (κ1) is 19.4. The molecule has 0 fully saturated rings. The van der Waals surface area contributed by atoms with Gasteiger partial charge in [0.2, 0.25) is 5.91 Å². The van der Waals surface area contributed by atoms with E-state index in [1.807, 2.05) is 19.1 Å². The molecule has 0 aliphatic carbocycles. The standard InChI is InChI=1S/C19H17Br2NO3/c1-3-13-15(20)9-12(10-16(13)21)11(2)8-18(23)22-17-7-5-4-6-14(17)19(24)25/h4-10H,3H2,1-2H3,(H,22,23)(H,24,25). The Balaban J connectivity index is 2.26. The maximum Gasteiger partial charge on any atom is 0.337 e. The predicted molar refractivity (Wildman–Crippen MR) is 107 cm³/mol. The van der Waals surface area contributed by atoms with E-state index in [1.165, 1.54) is 12.1 Å². The van der Waals surface area contributed by atoms with Crippen LogP contribution in [-0.2, 0) is 11.2 Å². The number of aromatic carboxylic acids is 1. The summed E-state index contributed by atoms with van der Waals surface area (Å²) in [5.74, 6) is -1.46. The number of hydrogen-bond donors (Lipinski definition) is 2. The van der Waals surface area contributed by atoms with Gasteiger partial charge in [-0.3, -0.25) is 4.79 Å². The third-order valence-corrected chi connectivity index (χ3v) is 5.13. The number of allylic oxidation sites excluding steroid dienone is 1. The molecule has 130 valence electrons. The molecular formula is C19H17Br2NO3. The second-order valence-corrected chi connectivity index (χ2v) is 7.15. The van der Waals surface area contributed by atoms with E-state index in [0.29, 0.717) is 0 Å². The van der Waals surface area contributed by atoms with E-state index in [2.05, 4.69) is 44.1 Å². The molecule has 6 heteroatoms. The van der Waals surface area contributed by atoms with Crippen molar-refractivity contribution in [2.75, 3.05) is 5.32 Å². The Morgan fingerprint density at radius 1 is 1.16 bits per heavy atom. The normalized spacial score (nSPS) is 11.3. The van der Waals surface area contributed by atoms with E-state index in [0.717, 1.165) is 32.1 Å². The van der Waals surface area contributed by atoms with E-state index in [-0.39, 0.29) is 17.2 Å². The zero-order valence-corrected chi connectivity index (χ0v) is 16.9. The molecule has 0 heterocycles. The van der Waals surface area contributed by atoms with Gasteiger partial charge in [0, 0.05) is 15.0 Å². The van der Waals surface area contributed by atoms with Crippen molar-refractivity contribution < 1.29 is 14.7 Å². The largest absolute Gasteiger partial charge is 0.478 e. The van der Waals surface area contributed by atoms with Crippen molar-refractivity contribution in [3.05, 3.63) is 68.1 Å². The summed E-state index contributed by atoms with van der Waals surface area (Å²) in [5, 5.41) is 11.8. The highest BCUT2D eigenvalue weighted by molar-refractivity contribution is 9.11. The molecule has 0 aliphatic rings. The minimum atomic E-state index is -1.08. The van der Waals surface area contributed by atoms with E-state index in [9.17, 15) is 14.7 Å². The number of para-hydroxylation sites is 1. The summed E-state index contributed by atoms with van der Waals surface area (Å²) in [6.45, 7) is 3.91.